The van der Waals surface area contributed by atoms with Gasteiger partial charge in [0, 0.05) is 0 Å². The standard InChI is InChI=1S/C9H16N4/c1-10-8(5-7-3-2-4-7)9-11-6-12-13-9/h6-8,10H,2-5H2,1H3,(H,11,12,13). The van der Waals surface area contributed by atoms with Gasteiger partial charge in [-0.1, -0.05) is 19.3 Å². The zero-order valence-electron chi connectivity index (χ0n) is 7.95. The van der Waals surface area contributed by atoms with Crippen molar-refractivity contribution in [2.45, 2.75) is 31.7 Å². The molecule has 1 saturated carbocycles. The molecule has 0 spiro atoms. The van der Waals surface area contributed by atoms with Crippen LogP contribution in [0.25, 0.3) is 0 Å². The molecule has 4 nitrogen and oxygen atoms in total. The second-order valence-corrected chi connectivity index (χ2v) is 3.74. The smallest absolute Gasteiger partial charge is 0.141 e. The lowest BCUT2D eigenvalue weighted by Crippen LogP contribution is -2.24. The highest BCUT2D eigenvalue weighted by Crippen LogP contribution is 2.33. The molecule has 4 heteroatoms. The molecular formula is C9H16N4. The van der Waals surface area contributed by atoms with Gasteiger partial charge in [0.15, 0.2) is 0 Å². The third kappa shape index (κ3) is 1.88. The average Bonchev–Trinajstić information content (AvgIpc) is 2.55. The van der Waals surface area contributed by atoms with Crippen LogP contribution >= 0.6 is 0 Å². The first-order valence-electron chi connectivity index (χ1n) is 4.92. The molecule has 0 aliphatic heterocycles. The first-order chi connectivity index (χ1) is 6.40. The van der Waals surface area contributed by atoms with Crippen molar-refractivity contribution in [2.24, 2.45) is 5.92 Å². The number of aromatic nitrogens is 3. The fraction of sp³-hybridized carbons (Fsp3) is 0.778. The summed E-state index contributed by atoms with van der Waals surface area (Å²) in [7, 11) is 1.98. The molecule has 1 aliphatic rings. The molecule has 0 amide bonds. The van der Waals surface area contributed by atoms with E-state index in [1.807, 2.05) is 7.05 Å². The molecule has 0 radical (unpaired) electrons. The van der Waals surface area contributed by atoms with Crippen LogP contribution in [0.1, 0.15) is 37.5 Å². The Morgan fingerprint density at radius 2 is 2.54 bits per heavy atom. The van der Waals surface area contributed by atoms with E-state index >= 15 is 0 Å². The van der Waals surface area contributed by atoms with Gasteiger partial charge in [-0.05, 0) is 19.4 Å². The van der Waals surface area contributed by atoms with Crippen molar-refractivity contribution >= 4 is 0 Å². The van der Waals surface area contributed by atoms with Crippen LogP contribution in [-0.4, -0.2) is 22.2 Å². The van der Waals surface area contributed by atoms with E-state index in [1.165, 1.54) is 25.7 Å². The van der Waals surface area contributed by atoms with Gasteiger partial charge in [0.05, 0.1) is 6.04 Å². The molecule has 0 bridgehead atoms. The molecule has 0 saturated heterocycles. The molecule has 2 rings (SSSR count). The van der Waals surface area contributed by atoms with E-state index in [0.29, 0.717) is 6.04 Å². The van der Waals surface area contributed by atoms with E-state index in [9.17, 15) is 0 Å². The van der Waals surface area contributed by atoms with Crippen molar-refractivity contribution in [1.82, 2.24) is 20.5 Å². The van der Waals surface area contributed by atoms with Crippen LogP contribution in [-0.2, 0) is 0 Å². The molecule has 1 aromatic heterocycles. The second kappa shape index (κ2) is 3.87. The van der Waals surface area contributed by atoms with Gasteiger partial charge in [0.1, 0.15) is 12.2 Å². The SMILES string of the molecule is CNC(CC1CCC1)c1ncn[nH]1. The summed E-state index contributed by atoms with van der Waals surface area (Å²) in [5.74, 6) is 1.86. The minimum atomic E-state index is 0.354. The largest absolute Gasteiger partial charge is 0.310 e. The maximum Gasteiger partial charge on any atom is 0.141 e. The molecule has 1 aromatic rings. The van der Waals surface area contributed by atoms with Gasteiger partial charge in [-0.2, -0.15) is 5.10 Å². The normalized spacial score (nSPS) is 19.8. The average molecular weight is 180 g/mol. The Balaban J connectivity index is 1.92. The Labute approximate surface area is 78.1 Å². The molecule has 1 aliphatic carbocycles. The summed E-state index contributed by atoms with van der Waals surface area (Å²) in [6, 6.07) is 0.354. The van der Waals surface area contributed by atoms with E-state index < -0.39 is 0 Å². The van der Waals surface area contributed by atoms with Crippen LogP contribution in [0.2, 0.25) is 0 Å². The Hall–Kier alpha value is -0.900. The summed E-state index contributed by atoms with van der Waals surface area (Å²) >= 11 is 0. The molecule has 1 fully saturated rings. The Bertz CT molecular complexity index is 240. The number of nitrogens with one attached hydrogen (secondary N) is 2. The molecule has 0 aromatic carbocycles. The topological polar surface area (TPSA) is 53.6 Å². The summed E-state index contributed by atoms with van der Waals surface area (Å²) < 4.78 is 0. The molecule has 2 N–H and O–H groups in total. The zero-order valence-corrected chi connectivity index (χ0v) is 7.95. The van der Waals surface area contributed by atoms with Gasteiger partial charge in [0.25, 0.3) is 0 Å². The van der Waals surface area contributed by atoms with Crippen LogP contribution in [0.15, 0.2) is 6.33 Å². The number of aromatic amines is 1. The molecule has 1 unspecified atom stereocenters. The fourth-order valence-electron chi connectivity index (χ4n) is 1.81. The van der Waals surface area contributed by atoms with Crippen LogP contribution in [0.4, 0.5) is 0 Å². The van der Waals surface area contributed by atoms with Crippen molar-refractivity contribution in [3.05, 3.63) is 12.2 Å². The molecular weight excluding hydrogens is 164 g/mol. The van der Waals surface area contributed by atoms with E-state index in [0.717, 1.165) is 11.7 Å². The fourth-order valence-corrected chi connectivity index (χ4v) is 1.81. The number of hydrogen-bond donors (Lipinski definition) is 2. The van der Waals surface area contributed by atoms with Gasteiger partial charge >= 0.3 is 0 Å². The summed E-state index contributed by atoms with van der Waals surface area (Å²) in [6.45, 7) is 0. The van der Waals surface area contributed by atoms with E-state index in [-0.39, 0.29) is 0 Å². The maximum absolute atomic E-state index is 4.17. The summed E-state index contributed by atoms with van der Waals surface area (Å²) in [4.78, 5) is 4.17. The molecule has 1 atom stereocenters. The van der Waals surface area contributed by atoms with Crippen LogP contribution in [0.3, 0.4) is 0 Å². The van der Waals surface area contributed by atoms with E-state index in [4.69, 9.17) is 0 Å². The third-order valence-electron chi connectivity index (χ3n) is 2.91. The monoisotopic (exact) mass is 180 g/mol. The predicted molar refractivity (Wildman–Crippen MR) is 50.1 cm³/mol. The predicted octanol–water partition coefficient (Wildman–Crippen LogP) is 1.26. The summed E-state index contributed by atoms with van der Waals surface area (Å²) in [5, 5.41) is 10.1. The highest BCUT2D eigenvalue weighted by molar-refractivity contribution is 4.92. The minimum Gasteiger partial charge on any atom is -0.310 e. The number of H-pyrrole nitrogens is 1. The number of hydrogen-bond acceptors (Lipinski definition) is 3. The van der Waals surface area contributed by atoms with Gasteiger partial charge in [-0.3, -0.25) is 5.10 Å². The molecule has 1 heterocycles. The van der Waals surface area contributed by atoms with Crippen molar-refractivity contribution < 1.29 is 0 Å². The maximum atomic E-state index is 4.17. The number of rotatable bonds is 4. The summed E-state index contributed by atoms with van der Waals surface area (Å²) in [5.41, 5.74) is 0. The first kappa shape index (κ1) is 8.69. The van der Waals surface area contributed by atoms with Gasteiger partial charge in [-0.25, -0.2) is 4.98 Å². The van der Waals surface area contributed by atoms with Gasteiger partial charge < -0.3 is 5.32 Å². The Morgan fingerprint density at radius 3 is 3.00 bits per heavy atom. The van der Waals surface area contributed by atoms with Crippen LogP contribution < -0.4 is 5.32 Å². The first-order valence-corrected chi connectivity index (χ1v) is 4.92. The van der Waals surface area contributed by atoms with Gasteiger partial charge in [0.2, 0.25) is 0 Å². The van der Waals surface area contributed by atoms with Crippen molar-refractivity contribution in [2.75, 3.05) is 7.05 Å². The van der Waals surface area contributed by atoms with Crippen molar-refractivity contribution in [1.29, 1.82) is 0 Å². The molecule has 72 valence electrons. The lowest BCUT2D eigenvalue weighted by molar-refractivity contribution is 0.262. The van der Waals surface area contributed by atoms with Crippen molar-refractivity contribution in [3.8, 4) is 0 Å². The third-order valence-corrected chi connectivity index (χ3v) is 2.91. The Morgan fingerprint density at radius 1 is 1.69 bits per heavy atom. The van der Waals surface area contributed by atoms with Crippen LogP contribution in [0, 0.1) is 5.92 Å². The quantitative estimate of drug-likeness (QED) is 0.733. The van der Waals surface area contributed by atoms with Crippen LogP contribution in [0.5, 0.6) is 0 Å². The van der Waals surface area contributed by atoms with Gasteiger partial charge in [-0.15, -0.1) is 0 Å². The molecule has 13 heavy (non-hydrogen) atoms. The van der Waals surface area contributed by atoms with Crippen molar-refractivity contribution in [3.63, 3.8) is 0 Å². The minimum absolute atomic E-state index is 0.354. The van der Waals surface area contributed by atoms with E-state index in [1.54, 1.807) is 6.33 Å². The number of nitrogens with zero attached hydrogens (tertiary/aromatic N) is 2. The zero-order chi connectivity index (χ0) is 9.10. The lowest BCUT2D eigenvalue weighted by atomic mass is 9.81. The second-order valence-electron chi connectivity index (χ2n) is 3.74. The highest BCUT2D eigenvalue weighted by Gasteiger charge is 2.23. The lowest BCUT2D eigenvalue weighted by Gasteiger charge is -2.28. The summed E-state index contributed by atoms with van der Waals surface area (Å²) in [6.07, 6.45) is 6.92. The Kier molecular flexibility index (Phi) is 2.59. The highest BCUT2D eigenvalue weighted by atomic mass is 15.2. The van der Waals surface area contributed by atoms with E-state index in [2.05, 4.69) is 20.5 Å².